The molecule has 0 bridgehead atoms. The van der Waals surface area contributed by atoms with Crippen molar-refractivity contribution in [3.8, 4) is 0 Å². The topological polar surface area (TPSA) is 49.6 Å². The molecule has 0 aromatic heterocycles. The van der Waals surface area contributed by atoms with E-state index in [0.29, 0.717) is 6.54 Å². The monoisotopic (exact) mass is 199 g/mol. The van der Waals surface area contributed by atoms with Crippen molar-refractivity contribution in [2.45, 2.75) is 25.8 Å². The molecular weight excluding hydrogens is 178 g/mol. The SMILES string of the molecule is CCCN1CCCN(C)C(=O)C1CN. The number of rotatable bonds is 3. The molecular formula is C10H21N3O. The Labute approximate surface area is 86.0 Å². The second-order valence-corrected chi connectivity index (χ2v) is 3.90. The number of nitrogens with zero attached hydrogens (tertiary/aromatic N) is 2. The van der Waals surface area contributed by atoms with Crippen molar-refractivity contribution >= 4 is 5.91 Å². The number of carbonyl (C=O) groups excluding carboxylic acids is 1. The zero-order chi connectivity index (χ0) is 10.6. The minimum Gasteiger partial charge on any atom is -0.344 e. The summed E-state index contributed by atoms with van der Waals surface area (Å²) < 4.78 is 0. The van der Waals surface area contributed by atoms with Crippen LogP contribution >= 0.6 is 0 Å². The van der Waals surface area contributed by atoms with Gasteiger partial charge in [-0.3, -0.25) is 9.69 Å². The van der Waals surface area contributed by atoms with E-state index in [9.17, 15) is 4.79 Å². The van der Waals surface area contributed by atoms with Crippen LogP contribution in [0.1, 0.15) is 19.8 Å². The lowest BCUT2D eigenvalue weighted by molar-refractivity contribution is -0.133. The van der Waals surface area contributed by atoms with Gasteiger partial charge in [0.15, 0.2) is 0 Å². The fourth-order valence-corrected chi connectivity index (χ4v) is 1.99. The van der Waals surface area contributed by atoms with Gasteiger partial charge in [-0.2, -0.15) is 0 Å². The zero-order valence-electron chi connectivity index (χ0n) is 9.20. The van der Waals surface area contributed by atoms with E-state index in [2.05, 4.69) is 11.8 Å². The van der Waals surface area contributed by atoms with Crippen LogP contribution in [-0.4, -0.2) is 55.0 Å². The summed E-state index contributed by atoms with van der Waals surface area (Å²) in [5.74, 6) is 0.179. The Balaban J connectivity index is 2.69. The highest BCUT2D eigenvalue weighted by molar-refractivity contribution is 5.82. The molecule has 14 heavy (non-hydrogen) atoms. The van der Waals surface area contributed by atoms with Gasteiger partial charge in [0.25, 0.3) is 0 Å². The van der Waals surface area contributed by atoms with Crippen molar-refractivity contribution in [3.63, 3.8) is 0 Å². The Hall–Kier alpha value is -0.610. The molecule has 82 valence electrons. The lowest BCUT2D eigenvalue weighted by Crippen LogP contribution is -2.49. The number of hydrogen-bond acceptors (Lipinski definition) is 3. The summed E-state index contributed by atoms with van der Waals surface area (Å²) in [6, 6.07) is -0.0950. The van der Waals surface area contributed by atoms with Crippen LogP contribution in [0.25, 0.3) is 0 Å². The maximum absolute atomic E-state index is 11.9. The quantitative estimate of drug-likeness (QED) is 0.690. The predicted octanol–water partition coefficient (Wildman–Crippen LogP) is -0.112. The summed E-state index contributed by atoms with van der Waals surface area (Å²) >= 11 is 0. The first kappa shape index (κ1) is 11.5. The van der Waals surface area contributed by atoms with Crippen molar-refractivity contribution in [1.82, 2.24) is 9.80 Å². The van der Waals surface area contributed by atoms with Crippen LogP contribution in [0.2, 0.25) is 0 Å². The molecule has 0 aromatic rings. The molecule has 1 fully saturated rings. The first-order chi connectivity index (χ1) is 6.70. The molecule has 4 nitrogen and oxygen atoms in total. The summed E-state index contributed by atoms with van der Waals surface area (Å²) in [7, 11) is 1.86. The van der Waals surface area contributed by atoms with Crippen LogP contribution in [0, 0.1) is 0 Å². The first-order valence-electron chi connectivity index (χ1n) is 5.39. The summed E-state index contributed by atoms with van der Waals surface area (Å²) in [5, 5.41) is 0. The van der Waals surface area contributed by atoms with Crippen molar-refractivity contribution in [2.24, 2.45) is 5.73 Å². The fourth-order valence-electron chi connectivity index (χ4n) is 1.99. The maximum atomic E-state index is 11.9. The van der Waals surface area contributed by atoms with Crippen molar-refractivity contribution in [3.05, 3.63) is 0 Å². The van der Waals surface area contributed by atoms with Gasteiger partial charge in [-0.05, 0) is 19.4 Å². The molecule has 1 unspecified atom stereocenters. The summed E-state index contributed by atoms with van der Waals surface area (Å²) in [6.45, 7) is 5.39. The smallest absolute Gasteiger partial charge is 0.240 e. The third kappa shape index (κ3) is 2.45. The van der Waals surface area contributed by atoms with Gasteiger partial charge < -0.3 is 10.6 Å². The Bertz CT molecular complexity index is 196. The van der Waals surface area contributed by atoms with Gasteiger partial charge in [0.2, 0.25) is 5.91 Å². The van der Waals surface area contributed by atoms with Crippen LogP contribution in [0.15, 0.2) is 0 Å². The van der Waals surface area contributed by atoms with Gasteiger partial charge in [0.1, 0.15) is 6.04 Å². The lowest BCUT2D eigenvalue weighted by Gasteiger charge is -2.28. The van der Waals surface area contributed by atoms with E-state index in [-0.39, 0.29) is 11.9 Å². The van der Waals surface area contributed by atoms with E-state index in [1.807, 2.05) is 7.05 Å². The van der Waals surface area contributed by atoms with Crippen molar-refractivity contribution in [2.75, 3.05) is 33.2 Å². The van der Waals surface area contributed by atoms with Gasteiger partial charge in [-0.15, -0.1) is 0 Å². The molecule has 1 atom stereocenters. The lowest BCUT2D eigenvalue weighted by atomic mass is 10.2. The zero-order valence-corrected chi connectivity index (χ0v) is 9.20. The molecule has 0 radical (unpaired) electrons. The molecule has 1 amide bonds. The molecule has 1 aliphatic heterocycles. The van der Waals surface area contributed by atoms with Crippen molar-refractivity contribution in [1.29, 1.82) is 0 Å². The Kier molecular flexibility index (Phi) is 4.35. The van der Waals surface area contributed by atoms with E-state index in [0.717, 1.165) is 32.5 Å². The van der Waals surface area contributed by atoms with E-state index < -0.39 is 0 Å². The molecule has 1 rings (SSSR count). The highest BCUT2D eigenvalue weighted by Gasteiger charge is 2.28. The second-order valence-electron chi connectivity index (χ2n) is 3.90. The van der Waals surface area contributed by atoms with Crippen LogP contribution < -0.4 is 5.73 Å². The van der Waals surface area contributed by atoms with Gasteiger partial charge in [0, 0.05) is 26.7 Å². The molecule has 0 aromatic carbocycles. The average molecular weight is 199 g/mol. The van der Waals surface area contributed by atoms with Gasteiger partial charge >= 0.3 is 0 Å². The largest absolute Gasteiger partial charge is 0.344 e. The Morgan fingerprint density at radius 3 is 2.79 bits per heavy atom. The average Bonchev–Trinajstić information content (AvgIpc) is 2.29. The number of carbonyl (C=O) groups is 1. The highest BCUT2D eigenvalue weighted by Crippen LogP contribution is 2.09. The minimum absolute atomic E-state index is 0.0950. The third-order valence-corrected chi connectivity index (χ3v) is 2.77. The molecule has 1 aliphatic rings. The van der Waals surface area contributed by atoms with E-state index in [1.165, 1.54) is 0 Å². The predicted molar refractivity (Wildman–Crippen MR) is 57.0 cm³/mol. The van der Waals surface area contributed by atoms with Crippen LogP contribution in [0.3, 0.4) is 0 Å². The van der Waals surface area contributed by atoms with E-state index >= 15 is 0 Å². The highest BCUT2D eigenvalue weighted by atomic mass is 16.2. The van der Waals surface area contributed by atoms with Crippen LogP contribution in [0.4, 0.5) is 0 Å². The summed E-state index contributed by atoms with van der Waals surface area (Å²) in [5.41, 5.74) is 5.66. The van der Waals surface area contributed by atoms with E-state index in [4.69, 9.17) is 5.73 Å². The molecule has 2 N–H and O–H groups in total. The minimum atomic E-state index is -0.0950. The number of nitrogens with two attached hydrogens (primary N) is 1. The van der Waals surface area contributed by atoms with Gasteiger partial charge in [-0.1, -0.05) is 6.92 Å². The van der Waals surface area contributed by atoms with Crippen molar-refractivity contribution < 1.29 is 4.79 Å². The fraction of sp³-hybridized carbons (Fsp3) is 0.900. The summed E-state index contributed by atoms with van der Waals surface area (Å²) in [6.07, 6.45) is 2.13. The first-order valence-corrected chi connectivity index (χ1v) is 5.39. The number of hydrogen-bond donors (Lipinski definition) is 1. The maximum Gasteiger partial charge on any atom is 0.240 e. The van der Waals surface area contributed by atoms with E-state index in [1.54, 1.807) is 4.90 Å². The summed E-state index contributed by atoms with van der Waals surface area (Å²) in [4.78, 5) is 15.9. The molecule has 1 heterocycles. The standard InChI is InChI=1S/C10H21N3O/c1-3-5-13-7-4-6-12(2)10(14)9(13)8-11/h9H,3-8,11H2,1-2H3. The van der Waals surface area contributed by atoms with Crippen LogP contribution in [0.5, 0.6) is 0 Å². The molecule has 0 aliphatic carbocycles. The molecule has 4 heteroatoms. The molecule has 0 saturated carbocycles. The Morgan fingerprint density at radius 2 is 2.21 bits per heavy atom. The number of likely N-dealkylation sites (N-methyl/N-ethyl adjacent to an activating group) is 1. The normalized spacial score (nSPS) is 25.2. The second kappa shape index (κ2) is 5.32. The van der Waals surface area contributed by atoms with Gasteiger partial charge in [0.05, 0.1) is 0 Å². The van der Waals surface area contributed by atoms with Crippen LogP contribution in [-0.2, 0) is 4.79 Å². The molecule has 0 spiro atoms. The Morgan fingerprint density at radius 1 is 1.50 bits per heavy atom. The third-order valence-electron chi connectivity index (χ3n) is 2.77. The molecule has 1 saturated heterocycles. The number of amides is 1. The van der Waals surface area contributed by atoms with Gasteiger partial charge in [-0.25, -0.2) is 0 Å².